The Labute approximate surface area is 113 Å². The van der Waals surface area contributed by atoms with Crippen LogP contribution in [0.15, 0.2) is 18.2 Å². The third-order valence-electron chi connectivity index (χ3n) is 2.70. The van der Waals surface area contributed by atoms with Gasteiger partial charge in [-0.1, -0.05) is 19.9 Å². The van der Waals surface area contributed by atoms with Gasteiger partial charge in [0.25, 0.3) is 0 Å². The van der Waals surface area contributed by atoms with Gasteiger partial charge in [0.1, 0.15) is 5.82 Å². The summed E-state index contributed by atoms with van der Waals surface area (Å²) in [6.07, 6.45) is 0. The zero-order valence-electron chi connectivity index (χ0n) is 11.7. The van der Waals surface area contributed by atoms with Gasteiger partial charge in [-0.05, 0) is 30.2 Å². The van der Waals surface area contributed by atoms with Gasteiger partial charge in [0.2, 0.25) is 5.91 Å². The molecule has 0 aliphatic heterocycles. The summed E-state index contributed by atoms with van der Waals surface area (Å²) in [7, 11) is 1.64. The molecule has 0 heterocycles. The minimum Gasteiger partial charge on any atom is -0.368 e. The number of benzene rings is 1. The lowest BCUT2D eigenvalue weighted by atomic mass is 10.1. The Balaban J connectivity index is 2.66. The molecule has 0 saturated carbocycles. The van der Waals surface area contributed by atoms with Gasteiger partial charge < -0.3 is 16.0 Å². The Bertz CT molecular complexity index is 435. The number of carbonyl (C=O) groups excluding carboxylic acids is 1. The highest BCUT2D eigenvalue weighted by atomic mass is 19.1. The molecular formula is C14H22FN3O. The molecule has 106 valence electrons. The first-order valence-corrected chi connectivity index (χ1v) is 6.38. The first kappa shape index (κ1) is 15.4. The third-order valence-corrected chi connectivity index (χ3v) is 2.70. The molecule has 1 rings (SSSR count). The summed E-state index contributed by atoms with van der Waals surface area (Å²) in [6.45, 7) is 5.77. The smallest absolute Gasteiger partial charge is 0.236 e. The van der Waals surface area contributed by atoms with E-state index in [9.17, 15) is 9.18 Å². The minimum atomic E-state index is -0.482. The number of hydrogen-bond acceptors (Lipinski definition) is 3. The van der Waals surface area contributed by atoms with Crippen molar-refractivity contribution < 1.29 is 9.18 Å². The largest absolute Gasteiger partial charge is 0.368 e. The van der Waals surface area contributed by atoms with Crippen LogP contribution in [0.3, 0.4) is 0 Å². The van der Waals surface area contributed by atoms with Crippen molar-refractivity contribution in [3.63, 3.8) is 0 Å². The van der Waals surface area contributed by atoms with E-state index in [2.05, 4.69) is 19.2 Å². The van der Waals surface area contributed by atoms with Crippen LogP contribution in [0.25, 0.3) is 0 Å². The van der Waals surface area contributed by atoms with E-state index in [0.29, 0.717) is 18.2 Å². The van der Waals surface area contributed by atoms with E-state index in [4.69, 9.17) is 5.73 Å². The number of primary amides is 1. The number of halogens is 1. The van der Waals surface area contributed by atoms with Crippen molar-refractivity contribution in [3.05, 3.63) is 29.6 Å². The second-order valence-electron chi connectivity index (χ2n) is 5.13. The van der Waals surface area contributed by atoms with Gasteiger partial charge >= 0.3 is 0 Å². The molecule has 0 bridgehead atoms. The number of likely N-dealkylation sites (N-methyl/N-ethyl adjacent to an activating group) is 1. The van der Waals surface area contributed by atoms with Crippen molar-refractivity contribution in [2.75, 3.05) is 25.0 Å². The fourth-order valence-corrected chi connectivity index (χ4v) is 1.79. The van der Waals surface area contributed by atoms with Crippen molar-refractivity contribution in [3.8, 4) is 0 Å². The molecule has 3 N–H and O–H groups in total. The van der Waals surface area contributed by atoms with Gasteiger partial charge in [0, 0.05) is 13.6 Å². The first-order chi connectivity index (χ1) is 8.90. The van der Waals surface area contributed by atoms with Gasteiger partial charge in [-0.25, -0.2) is 4.39 Å². The van der Waals surface area contributed by atoms with Crippen LogP contribution in [0.4, 0.5) is 10.1 Å². The Morgan fingerprint density at radius 1 is 1.47 bits per heavy atom. The van der Waals surface area contributed by atoms with E-state index in [1.165, 1.54) is 11.0 Å². The summed E-state index contributed by atoms with van der Waals surface area (Å²) in [5.74, 6) is -0.261. The monoisotopic (exact) mass is 267 g/mol. The van der Waals surface area contributed by atoms with Crippen molar-refractivity contribution in [1.82, 2.24) is 5.32 Å². The molecule has 0 saturated heterocycles. The average Bonchev–Trinajstić information content (AvgIpc) is 2.27. The van der Waals surface area contributed by atoms with Gasteiger partial charge in [-0.15, -0.1) is 0 Å². The highest BCUT2D eigenvalue weighted by Crippen LogP contribution is 2.19. The second kappa shape index (κ2) is 7.09. The van der Waals surface area contributed by atoms with Crippen LogP contribution in [0, 0.1) is 11.7 Å². The second-order valence-corrected chi connectivity index (χ2v) is 5.13. The number of rotatable bonds is 7. The maximum Gasteiger partial charge on any atom is 0.236 e. The highest BCUT2D eigenvalue weighted by Gasteiger charge is 2.10. The molecule has 0 aliphatic carbocycles. The molecule has 0 unspecified atom stereocenters. The third kappa shape index (κ3) is 5.26. The lowest BCUT2D eigenvalue weighted by molar-refractivity contribution is -0.116. The summed E-state index contributed by atoms with van der Waals surface area (Å²) >= 11 is 0. The van der Waals surface area contributed by atoms with Crippen molar-refractivity contribution in [2.24, 2.45) is 11.7 Å². The molecule has 4 nitrogen and oxygen atoms in total. The van der Waals surface area contributed by atoms with E-state index < -0.39 is 5.91 Å². The summed E-state index contributed by atoms with van der Waals surface area (Å²) < 4.78 is 13.9. The van der Waals surface area contributed by atoms with Crippen molar-refractivity contribution in [2.45, 2.75) is 20.4 Å². The molecule has 0 radical (unpaired) electrons. The van der Waals surface area contributed by atoms with Gasteiger partial charge in [0.05, 0.1) is 12.2 Å². The Kier molecular flexibility index (Phi) is 5.76. The number of anilines is 1. The standard InChI is InChI=1S/C14H22FN3O/c1-10(2)7-17-8-11-4-5-13(12(15)6-11)18(3)9-14(16)19/h4-6,10,17H,7-9H2,1-3H3,(H2,16,19). The Morgan fingerprint density at radius 2 is 2.16 bits per heavy atom. The van der Waals surface area contributed by atoms with Crippen LogP contribution in [-0.4, -0.2) is 26.0 Å². The van der Waals surface area contributed by atoms with E-state index >= 15 is 0 Å². The van der Waals surface area contributed by atoms with Crippen LogP contribution in [0.5, 0.6) is 0 Å². The molecule has 1 aromatic rings. The highest BCUT2D eigenvalue weighted by molar-refractivity contribution is 5.79. The van der Waals surface area contributed by atoms with Crippen LogP contribution in [0.2, 0.25) is 0 Å². The Morgan fingerprint density at radius 3 is 2.68 bits per heavy atom. The SMILES string of the molecule is CC(C)CNCc1ccc(N(C)CC(N)=O)c(F)c1. The van der Waals surface area contributed by atoms with E-state index in [-0.39, 0.29) is 12.4 Å². The number of carbonyl (C=O) groups is 1. The van der Waals surface area contributed by atoms with Crippen molar-refractivity contribution in [1.29, 1.82) is 0 Å². The number of nitrogens with two attached hydrogens (primary N) is 1. The quantitative estimate of drug-likeness (QED) is 0.787. The van der Waals surface area contributed by atoms with Crippen molar-refractivity contribution >= 4 is 11.6 Å². The molecule has 19 heavy (non-hydrogen) atoms. The summed E-state index contributed by atoms with van der Waals surface area (Å²) in [5.41, 5.74) is 6.36. The zero-order chi connectivity index (χ0) is 14.4. The van der Waals surface area contributed by atoms with Gasteiger partial charge in [-0.2, -0.15) is 0 Å². The number of amides is 1. The number of nitrogens with zero attached hydrogens (tertiary/aromatic N) is 1. The number of nitrogens with one attached hydrogen (secondary N) is 1. The fourth-order valence-electron chi connectivity index (χ4n) is 1.79. The maximum atomic E-state index is 13.9. The van der Waals surface area contributed by atoms with E-state index in [1.807, 2.05) is 6.07 Å². The minimum absolute atomic E-state index is 0.00185. The van der Waals surface area contributed by atoms with Crippen LogP contribution < -0.4 is 16.0 Å². The lowest BCUT2D eigenvalue weighted by Gasteiger charge is -2.18. The zero-order valence-corrected chi connectivity index (χ0v) is 11.7. The molecule has 0 aromatic heterocycles. The molecule has 1 amide bonds. The normalized spacial score (nSPS) is 10.8. The van der Waals surface area contributed by atoms with E-state index in [1.54, 1.807) is 13.1 Å². The van der Waals surface area contributed by atoms with Gasteiger partial charge in [-0.3, -0.25) is 4.79 Å². The lowest BCUT2D eigenvalue weighted by Crippen LogP contribution is -2.31. The molecule has 0 fully saturated rings. The van der Waals surface area contributed by atoms with Crippen LogP contribution in [-0.2, 0) is 11.3 Å². The average molecular weight is 267 g/mol. The topological polar surface area (TPSA) is 58.4 Å². The van der Waals surface area contributed by atoms with E-state index in [0.717, 1.165) is 12.1 Å². The molecule has 1 aromatic carbocycles. The number of hydrogen-bond donors (Lipinski definition) is 2. The first-order valence-electron chi connectivity index (χ1n) is 6.38. The summed E-state index contributed by atoms with van der Waals surface area (Å²) in [6, 6.07) is 5.01. The molecule has 0 atom stereocenters. The molecule has 5 heteroatoms. The maximum absolute atomic E-state index is 13.9. The molecule has 0 aliphatic rings. The summed E-state index contributed by atoms with van der Waals surface area (Å²) in [4.78, 5) is 12.3. The predicted octanol–water partition coefficient (Wildman–Crippen LogP) is 1.49. The Hall–Kier alpha value is -1.62. The predicted molar refractivity (Wildman–Crippen MR) is 75.4 cm³/mol. The molecule has 0 spiro atoms. The molecular weight excluding hydrogens is 245 g/mol. The fraction of sp³-hybridized carbons (Fsp3) is 0.500. The van der Waals surface area contributed by atoms with Crippen LogP contribution in [0.1, 0.15) is 19.4 Å². The van der Waals surface area contributed by atoms with Gasteiger partial charge in [0.15, 0.2) is 0 Å². The summed E-state index contributed by atoms with van der Waals surface area (Å²) in [5, 5.41) is 3.25. The van der Waals surface area contributed by atoms with Crippen LogP contribution >= 0.6 is 0 Å².